The fraction of sp³-hybridized carbons (Fsp3) is 0.457. The van der Waals surface area contributed by atoms with E-state index in [0.29, 0.717) is 23.6 Å². The third kappa shape index (κ3) is 11.2. The number of nitrogens with zero attached hydrogens (tertiary/aromatic N) is 3. The van der Waals surface area contributed by atoms with Crippen molar-refractivity contribution in [1.29, 1.82) is 0 Å². The van der Waals surface area contributed by atoms with Crippen molar-refractivity contribution in [3.8, 4) is 6.01 Å². The Morgan fingerprint density at radius 1 is 0.943 bits per heavy atom. The molecule has 0 saturated heterocycles. The van der Waals surface area contributed by atoms with E-state index in [1.54, 1.807) is 12.1 Å². The van der Waals surface area contributed by atoms with Crippen LogP contribution in [0.5, 0.6) is 6.01 Å². The molecule has 2 saturated carbocycles. The highest BCUT2D eigenvalue weighted by molar-refractivity contribution is 6.35. The van der Waals surface area contributed by atoms with Crippen LogP contribution in [0.25, 0.3) is 0 Å². The Hall–Kier alpha value is -5.19. The summed E-state index contributed by atoms with van der Waals surface area (Å²) in [5.41, 5.74) is 0.872. The molecule has 0 spiro atoms. The van der Waals surface area contributed by atoms with Crippen LogP contribution in [0.1, 0.15) is 67.8 Å². The fourth-order valence-corrected chi connectivity index (χ4v) is 6.04. The molecule has 0 radical (unpaired) electrons. The lowest BCUT2D eigenvalue weighted by Gasteiger charge is -2.29. The molecule has 1 aromatic heterocycles. The number of anilines is 3. The second kappa shape index (κ2) is 17.1. The number of amides is 3. The van der Waals surface area contributed by atoms with Crippen LogP contribution in [0.3, 0.4) is 0 Å². The summed E-state index contributed by atoms with van der Waals surface area (Å²) in [6, 6.07) is 11.2. The number of alkyl halides is 3. The number of esters is 1. The molecule has 14 nitrogen and oxygen atoms in total. The van der Waals surface area contributed by atoms with Crippen LogP contribution in [0.15, 0.2) is 48.5 Å². The van der Waals surface area contributed by atoms with E-state index in [9.17, 15) is 32.3 Å². The summed E-state index contributed by atoms with van der Waals surface area (Å²) in [7, 11) is 1.16. The molecule has 2 unspecified atom stereocenters. The topological polar surface area (TPSA) is 186 Å². The van der Waals surface area contributed by atoms with Gasteiger partial charge in [0.05, 0.1) is 12.6 Å². The summed E-state index contributed by atoms with van der Waals surface area (Å²) in [6.07, 6.45) is 0.592. The highest BCUT2D eigenvalue weighted by Gasteiger charge is 2.45. The van der Waals surface area contributed by atoms with Crippen molar-refractivity contribution in [2.24, 2.45) is 5.92 Å². The second-order valence-electron chi connectivity index (χ2n) is 13.0. The SMILES string of the molecule is COC(=O)[C@H](CCNC(=O)C(=O)NC1CCCCC1C)NC(=O)c1ccc(Nc2nc(NC3(c4ccc(Cl)cc4)CC3)nc(OCC(F)(F)F)n2)cc1. The number of methoxy groups -OCH3 is 1. The van der Waals surface area contributed by atoms with Crippen LogP contribution in [-0.2, 0) is 24.7 Å². The van der Waals surface area contributed by atoms with E-state index < -0.39 is 54.1 Å². The Morgan fingerprint density at radius 3 is 2.26 bits per heavy atom. The first-order valence-corrected chi connectivity index (χ1v) is 17.5. The number of ether oxygens (including phenoxy) is 2. The molecular weight excluding hydrogens is 721 g/mol. The van der Waals surface area contributed by atoms with Gasteiger partial charge < -0.3 is 36.1 Å². The van der Waals surface area contributed by atoms with Crippen molar-refractivity contribution < 1.29 is 41.8 Å². The molecule has 3 aromatic rings. The van der Waals surface area contributed by atoms with E-state index in [0.717, 1.165) is 38.4 Å². The van der Waals surface area contributed by atoms with E-state index in [2.05, 4.69) is 41.5 Å². The maximum atomic E-state index is 13.1. The van der Waals surface area contributed by atoms with Gasteiger partial charge in [-0.1, -0.05) is 43.5 Å². The molecule has 53 heavy (non-hydrogen) atoms. The van der Waals surface area contributed by atoms with E-state index >= 15 is 0 Å². The molecular formula is C35H40ClF3N8O6. The quantitative estimate of drug-likeness (QED) is 0.113. The van der Waals surface area contributed by atoms with Gasteiger partial charge in [0.2, 0.25) is 11.9 Å². The van der Waals surface area contributed by atoms with Gasteiger partial charge in [-0.05, 0) is 80.0 Å². The van der Waals surface area contributed by atoms with E-state index in [1.807, 2.05) is 19.1 Å². The molecule has 5 N–H and O–H groups in total. The van der Waals surface area contributed by atoms with Gasteiger partial charge in [-0.3, -0.25) is 14.4 Å². The zero-order chi connectivity index (χ0) is 38.2. The van der Waals surface area contributed by atoms with Crippen LogP contribution in [0.4, 0.5) is 30.8 Å². The summed E-state index contributed by atoms with van der Waals surface area (Å²) < 4.78 is 48.5. The number of benzene rings is 2. The molecule has 2 aliphatic carbocycles. The lowest BCUT2D eigenvalue weighted by atomic mass is 9.86. The monoisotopic (exact) mass is 760 g/mol. The molecule has 2 aliphatic rings. The molecule has 5 rings (SSSR count). The first-order chi connectivity index (χ1) is 25.2. The van der Waals surface area contributed by atoms with Gasteiger partial charge in [-0.2, -0.15) is 28.1 Å². The van der Waals surface area contributed by atoms with Crippen LogP contribution in [-0.4, -0.2) is 77.2 Å². The zero-order valence-corrected chi connectivity index (χ0v) is 29.8. The number of rotatable bonds is 14. The number of halogens is 4. The molecule has 0 bridgehead atoms. The Morgan fingerprint density at radius 2 is 1.62 bits per heavy atom. The van der Waals surface area contributed by atoms with E-state index in [-0.39, 0.29) is 42.4 Å². The summed E-state index contributed by atoms with van der Waals surface area (Å²) in [5, 5.41) is 14.4. The number of hydrogen-bond acceptors (Lipinski definition) is 11. The number of carbonyl (C=O) groups excluding carboxylic acids is 4. The average Bonchev–Trinajstić information content (AvgIpc) is 3.91. The average molecular weight is 761 g/mol. The van der Waals surface area contributed by atoms with Crippen molar-refractivity contribution in [2.45, 2.75) is 75.7 Å². The van der Waals surface area contributed by atoms with Crippen molar-refractivity contribution in [3.05, 3.63) is 64.7 Å². The van der Waals surface area contributed by atoms with Crippen LogP contribution < -0.4 is 31.3 Å². The molecule has 3 atom stereocenters. The van der Waals surface area contributed by atoms with Gasteiger partial charge in [0, 0.05) is 28.9 Å². The lowest BCUT2D eigenvalue weighted by Crippen LogP contribution is -2.49. The van der Waals surface area contributed by atoms with E-state index in [4.69, 9.17) is 21.1 Å². The van der Waals surface area contributed by atoms with E-state index in [1.165, 1.54) is 24.3 Å². The minimum Gasteiger partial charge on any atom is -0.467 e. The Balaban J connectivity index is 1.20. The predicted octanol–water partition coefficient (Wildman–Crippen LogP) is 4.78. The fourth-order valence-electron chi connectivity index (χ4n) is 5.91. The van der Waals surface area contributed by atoms with Gasteiger partial charge in [0.15, 0.2) is 6.61 Å². The molecule has 3 amide bonds. The number of nitrogens with one attached hydrogen (secondary N) is 5. The second-order valence-corrected chi connectivity index (χ2v) is 13.5. The van der Waals surface area contributed by atoms with Crippen molar-refractivity contribution in [1.82, 2.24) is 30.9 Å². The first-order valence-electron chi connectivity index (χ1n) is 17.1. The molecule has 2 fully saturated rings. The predicted molar refractivity (Wildman–Crippen MR) is 188 cm³/mol. The minimum absolute atomic E-state index is 0.0207. The van der Waals surface area contributed by atoms with Crippen LogP contribution >= 0.6 is 11.6 Å². The zero-order valence-electron chi connectivity index (χ0n) is 29.0. The Labute approximate surface area is 308 Å². The number of aromatic nitrogens is 3. The largest absolute Gasteiger partial charge is 0.467 e. The van der Waals surface area contributed by atoms with Crippen molar-refractivity contribution in [2.75, 3.05) is 30.9 Å². The summed E-state index contributed by atoms with van der Waals surface area (Å²) in [5.74, 6) is -2.85. The van der Waals surface area contributed by atoms with Gasteiger partial charge in [-0.15, -0.1) is 0 Å². The normalized spacial score (nSPS) is 18.2. The number of hydrogen-bond donors (Lipinski definition) is 5. The third-order valence-corrected chi connectivity index (χ3v) is 9.28. The lowest BCUT2D eigenvalue weighted by molar-refractivity contribution is -0.154. The first kappa shape index (κ1) is 39.0. The highest BCUT2D eigenvalue weighted by Crippen LogP contribution is 2.48. The maximum absolute atomic E-state index is 13.1. The standard InChI is InChI=1S/C35H40ClF3N8O6/c1-20-5-3-4-6-25(20)42-29(50)28(49)40-18-15-26(30(51)52-2)43-27(48)21-7-13-24(14-8-21)41-31-44-32(46-33(45-31)53-19-35(37,38)39)47-34(16-17-34)22-9-11-23(36)12-10-22/h7-14,20,25-26H,3-6,15-19H2,1-2H3,(H,40,49)(H,42,50)(H,43,48)(H2,41,44,45,46,47)/t20?,25?,26-/m0/s1. The van der Waals surface area contributed by atoms with Crippen LogP contribution in [0.2, 0.25) is 5.02 Å². The molecule has 18 heteroatoms. The highest BCUT2D eigenvalue weighted by atomic mass is 35.5. The van der Waals surface area contributed by atoms with Crippen molar-refractivity contribution in [3.63, 3.8) is 0 Å². The Kier molecular flexibility index (Phi) is 12.6. The molecule has 0 aliphatic heterocycles. The molecule has 284 valence electrons. The van der Waals surface area contributed by atoms with Gasteiger partial charge in [0.25, 0.3) is 5.91 Å². The smallest absolute Gasteiger partial charge is 0.422 e. The Bertz CT molecular complexity index is 1780. The van der Waals surface area contributed by atoms with Crippen molar-refractivity contribution >= 4 is 52.9 Å². The third-order valence-electron chi connectivity index (χ3n) is 9.02. The van der Waals surface area contributed by atoms with Gasteiger partial charge >= 0.3 is 30.0 Å². The molecule has 1 heterocycles. The molecule has 2 aromatic carbocycles. The maximum Gasteiger partial charge on any atom is 0.422 e. The van der Waals surface area contributed by atoms with Gasteiger partial charge in [0.1, 0.15) is 6.04 Å². The summed E-state index contributed by atoms with van der Waals surface area (Å²) in [4.78, 5) is 62.7. The summed E-state index contributed by atoms with van der Waals surface area (Å²) in [6.45, 7) is 0.326. The van der Waals surface area contributed by atoms with Crippen LogP contribution in [0, 0.1) is 5.92 Å². The number of carbonyl (C=O) groups is 4. The van der Waals surface area contributed by atoms with Gasteiger partial charge in [-0.25, -0.2) is 4.79 Å². The summed E-state index contributed by atoms with van der Waals surface area (Å²) >= 11 is 6.03. The minimum atomic E-state index is -4.63.